The molecule has 0 radical (unpaired) electrons. The molecule has 6 nitrogen and oxygen atoms in total. The summed E-state index contributed by atoms with van der Waals surface area (Å²) in [7, 11) is -3.70. The molecular weight excluding hydrogens is 352 g/mol. The Morgan fingerprint density at radius 2 is 1.62 bits per heavy atom. The van der Waals surface area contributed by atoms with Crippen molar-refractivity contribution in [2.75, 3.05) is 19.6 Å². The first-order valence-corrected chi connectivity index (χ1v) is 11.1. The highest BCUT2D eigenvalue weighted by Crippen LogP contribution is 2.24. The number of sulfonamides is 1. The molecule has 144 valence electrons. The fourth-order valence-corrected chi connectivity index (χ4v) is 4.54. The Hall–Kier alpha value is -1.60. The molecule has 0 atom stereocenters. The molecule has 0 spiro atoms. The van der Waals surface area contributed by atoms with Gasteiger partial charge in [0.2, 0.25) is 15.9 Å². The number of nitrogens with one attached hydrogen (secondary N) is 1. The zero-order valence-corrected chi connectivity index (χ0v) is 16.0. The average Bonchev–Trinajstić information content (AvgIpc) is 2.99. The monoisotopic (exact) mass is 380 g/mol. The van der Waals surface area contributed by atoms with Gasteiger partial charge in [0.15, 0.2) is 0 Å². The van der Waals surface area contributed by atoms with E-state index in [0.717, 1.165) is 38.5 Å². The zero-order valence-electron chi connectivity index (χ0n) is 15.2. The predicted octanol–water partition coefficient (Wildman–Crippen LogP) is 2.69. The number of likely N-dealkylation sites (tertiary alicyclic amines) is 1. The number of hydrogen-bond donors (Lipinski definition) is 1. The van der Waals surface area contributed by atoms with E-state index in [0.29, 0.717) is 18.8 Å². The molecule has 0 bridgehead atoms. The van der Waals surface area contributed by atoms with E-state index in [4.69, 9.17) is 4.74 Å². The van der Waals surface area contributed by atoms with Gasteiger partial charge in [-0.25, -0.2) is 13.1 Å². The number of rotatable bonds is 6. The fourth-order valence-electron chi connectivity index (χ4n) is 3.57. The third-order valence-electron chi connectivity index (χ3n) is 5.11. The summed E-state index contributed by atoms with van der Waals surface area (Å²) in [6, 6.07) is 6.43. The van der Waals surface area contributed by atoms with Gasteiger partial charge in [-0.2, -0.15) is 0 Å². The predicted molar refractivity (Wildman–Crippen MR) is 99.6 cm³/mol. The summed E-state index contributed by atoms with van der Waals surface area (Å²) < 4.78 is 33.1. The van der Waals surface area contributed by atoms with Crippen molar-refractivity contribution in [3.05, 3.63) is 24.3 Å². The van der Waals surface area contributed by atoms with Gasteiger partial charge >= 0.3 is 0 Å². The van der Waals surface area contributed by atoms with E-state index in [1.165, 1.54) is 25.0 Å². The quantitative estimate of drug-likeness (QED) is 0.823. The van der Waals surface area contributed by atoms with Gasteiger partial charge in [-0.15, -0.1) is 0 Å². The SMILES string of the molecule is O=C(CNS(=O)(=O)c1ccc(OC2CCCC2)cc1)N1CCCCCC1. The minimum Gasteiger partial charge on any atom is -0.490 e. The van der Waals surface area contributed by atoms with E-state index >= 15 is 0 Å². The van der Waals surface area contributed by atoms with Crippen LogP contribution in [0.2, 0.25) is 0 Å². The Balaban J connectivity index is 1.54. The van der Waals surface area contributed by atoms with Crippen LogP contribution in [0.1, 0.15) is 51.4 Å². The van der Waals surface area contributed by atoms with Crippen molar-refractivity contribution >= 4 is 15.9 Å². The van der Waals surface area contributed by atoms with Gasteiger partial charge < -0.3 is 9.64 Å². The molecule has 1 aliphatic heterocycles. The number of carbonyl (C=O) groups is 1. The highest BCUT2D eigenvalue weighted by Gasteiger charge is 2.20. The van der Waals surface area contributed by atoms with Crippen LogP contribution in [-0.4, -0.2) is 45.0 Å². The van der Waals surface area contributed by atoms with Gasteiger partial charge in [0, 0.05) is 13.1 Å². The normalized spacial score (nSPS) is 19.3. The Morgan fingerprint density at radius 1 is 1.00 bits per heavy atom. The van der Waals surface area contributed by atoms with Gasteiger partial charge in [-0.3, -0.25) is 4.79 Å². The highest BCUT2D eigenvalue weighted by molar-refractivity contribution is 7.89. The molecular formula is C19H28N2O4S. The standard InChI is InChI=1S/C19H28N2O4S/c22-19(21-13-5-1-2-6-14-21)15-20-26(23,24)18-11-9-17(10-12-18)25-16-7-3-4-8-16/h9-12,16,20H,1-8,13-15H2. The van der Waals surface area contributed by atoms with E-state index < -0.39 is 10.0 Å². The Labute approximate surface area is 156 Å². The number of hydrogen-bond acceptors (Lipinski definition) is 4. The lowest BCUT2D eigenvalue weighted by Crippen LogP contribution is -2.40. The van der Waals surface area contributed by atoms with Crippen molar-refractivity contribution in [3.63, 3.8) is 0 Å². The van der Waals surface area contributed by atoms with Crippen LogP contribution in [0.4, 0.5) is 0 Å². The molecule has 3 rings (SSSR count). The second-order valence-corrected chi connectivity index (χ2v) is 8.88. The molecule has 0 unspecified atom stereocenters. The van der Waals surface area contributed by atoms with Crippen LogP contribution in [-0.2, 0) is 14.8 Å². The number of amides is 1. The van der Waals surface area contributed by atoms with E-state index in [2.05, 4.69) is 4.72 Å². The molecule has 1 saturated carbocycles. The van der Waals surface area contributed by atoms with E-state index in [9.17, 15) is 13.2 Å². The lowest BCUT2D eigenvalue weighted by Gasteiger charge is -2.20. The summed E-state index contributed by atoms with van der Waals surface area (Å²) in [6.45, 7) is 1.24. The largest absolute Gasteiger partial charge is 0.490 e. The van der Waals surface area contributed by atoms with E-state index in [-0.39, 0.29) is 23.5 Å². The molecule has 1 aliphatic carbocycles. The molecule has 7 heteroatoms. The molecule has 2 fully saturated rings. The van der Waals surface area contributed by atoms with E-state index in [1.54, 1.807) is 17.0 Å². The Bertz CT molecular complexity index is 689. The first-order valence-electron chi connectivity index (χ1n) is 9.59. The second kappa shape index (κ2) is 8.86. The van der Waals surface area contributed by atoms with Gasteiger partial charge in [-0.05, 0) is 62.8 Å². The molecule has 1 N–H and O–H groups in total. The summed E-state index contributed by atoms with van der Waals surface area (Å²) in [6.07, 6.45) is 8.96. The van der Waals surface area contributed by atoms with Crippen LogP contribution in [0.25, 0.3) is 0 Å². The molecule has 1 aromatic rings. The lowest BCUT2D eigenvalue weighted by molar-refractivity contribution is -0.129. The van der Waals surface area contributed by atoms with Gasteiger partial charge in [-0.1, -0.05) is 12.8 Å². The van der Waals surface area contributed by atoms with Crippen molar-refractivity contribution in [1.29, 1.82) is 0 Å². The van der Waals surface area contributed by atoms with Crippen molar-refractivity contribution in [2.45, 2.75) is 62.4 Å². The fraction of sp³-hybridized carbons (Fsp3) is 0.632. The van der Waals surface area contributed by atoms with Crippen LogP contribution in [0.3, 0.4) is 0 Å². The third-order valence-corrected chi connectivity index (χ3v) is 6.53. The maximum absolute atomic E-state index is 12.4. The van der Waals surface area contributed by atoms with Crippen LogP contribution < -0.4 is 9.46 Å². The van der Waals surface area contributed by atoms with Crippen LogP contribution in [0, 0.1) is 0 Å². The molecule has 26 heavy (non-hydrogen) atoms. The van der Waals surface area contributed by atoms with Crippen LogP contribution in [0.15, 0.2) is 29.2 Å². The van der Waals surface area contributed by atoms with Crippen LogP contribution >= 0.6 is 0 Å². The molecule has 1 aromatic carbocycles. The second-order valence-electron chi connectivity index (χ2n) is 7.12. The zero-order chi connectivity index (χ0) is 18.4. The minimum atomic E-state index is -3.70. The number of nitrogens with zero attached hydrogens (tertiary/aromatic N) is 1. The maximum atomic E-state index is 12.4. The van der Waals surface area contributed by atoms with Crippen molar-refractivity contribution in [1.82, 2.24) is 9.62 Å². The molecule has 1 saturated heterocycles. The lowest BCUT2D eigenvalue weighted by atomic mass is 10.2. The summed E-state index contributed by atoms with van der Waals surface area (Å²) >= 11 is 0. The summed E-state index contributed by atoms with van der Waals surface area (Å²) in [5.41, 5.74) is 0. The highest BCUT2D eigenvalue weighted by atomic mass is 32.2. The van der Waals surface area contributed by atoms with Crippen molar-refractivity contribution in [2.24, 2.45) is 0 Å². The molecule has 1 amide bonds. The van der Waals surface area contributed by atoms with Gasteiger partial charge in [0.25, 0.3) is 0 Å². The van der Waals surface area contributed by atoms with Gasteiger partial charge in [0.1, 0.15) is 5.75 Å². The van der Waals surface area contributed by atoms with Crippen LogP contribution in [0.5, 0.6) is 5.75 Å². The Kier molecular flexibility index (Phi) is 6.53. The average molecular weight is 381 g/mol. The molecule has 1 heterocycles. The van der Waals surface area contributed by atoms with Crippen molar-refractivity contribution < 1.29 is 17.9 Å². The first-order chi connectivity index (χ1) is 12.5. The van der Waals surface area contributed by atoms with Crippen molar-refractivity contribution in [3.8, 4) is 5.75 Å². The summed E-state index contributed by atoms with van der Waals surface area (Å²) in [5, 5.41) is 0. The number of carbonyl (C=O) groups excluding carboxylic acids is 1. The first kappa shape index (κ1) is 19.2. The van der Waals surface area contributed by atoms with E-state index in [1.807, 2.05) is 0 Å². The number of benzene rings is 1. The topological polar surface area (TPSA) is 75.7 Å². The number of ether oxygens (including phenoxy) is 1. The Morgan fingerprint density at radius 3 is 2.23 bits per heavy atom. The minimum absolute atomic E-state index is 0.153. The third kappa shape index (κ3) is 5.20. The summed E-state index contributed by atoms with van der Waals surface area (Å²) in [5.74, 6) is 0.535. The van der Waals surface area contributed by atoms with Gasteiger partial charge in [0.05, 0.1) is 17.5 Å². The smallest absolute Gasteiger partial charge is 0.241 e. The summed E-state index contributed by atoms with van der Waals surface area (Å²) in [4.78, 5) is 14.2. The molecule has 0 aromatic heterocycles. The molecule has 2 aliphatic rings. The maximum Gasteiger partial charge on any atom is 0.241 e.